The molecule has 23 heavy (non-hydrogen) atoms. The Balaban J connectivity index is 1.53. The van der Waals surface area contributed by atoms with Gasteiger partial charge in [0.05, 0.1) is 5.60 Å². The minimum absolute atomic E-state index is 0.184. The zero-order valence-corrected chi connectivity index (χ0v) is 14.1. The highest BCUT2D eigenvalue weighted by molar-refractivity contribution is 5.73. The highest BCUT2D eigenvalue weighted by Gasteiger charge is 2.31. The van der Waals surface area contributed by atoms with E-state index in [9.17, 15) is 9.90 Å². The Morgan fingerprint density at radius 2 is 1.91 bits per heavy atom. The van der Waals surface area contributed by atoms with E-state index in [0.717, 1.165) is 45.2 Å². The SMILES string of the molecule is CN(CCCNC(=O)NCC1(O)CCCC1)Cc1ccccc1. The quantitative estimate of drug-likeness (QED) is 0.643. The highest BCUT2D eigenvalue weighted by Crippen LogP contribution is 2.28. The van der Waals surface area contributed by atoms with Crippen molar-refractivity contribution in [3.05, 3.63) is 35.9 Å². The van der Waals surface area contributed by atoms with Crippen LogP contribution >= 0.6 is 0 Å². The third-order valence-electron chi connectivity index (χ3n) is 4.41. The molecule has 0 bridgehead atoms. The number of amides is 2. The maximum absolute atomic E-state index is 11.7. The summed E-state index contributed by atoms with van der Waals surface area (Å²) in [6, 6.07) is 10.2. The van der Waals surface area contributed by atoms with Crippen LogP contribution in [0.25, 0.3) is 0 Å². The van der Waals surface area contributed by atoms with Crippen molar-refractivity contribution in [2.24, 2.45) is 0 Å². The van der Waals surface area contributed by atoms with Gasteiger partial charge in [0.2, 0.25) is 0 Å². The van der Waals surface area contributed by atoms with Crippen LogP contribution in [0.2, 0.25) is 0 Å². The number of aliphatic hydroxyl groups is 1. The summed E-state index contributed by atoms with van der Waals surface area (Å²) in [5, 5.41) is 15.8. The molecule has 0 spiro atoms. The van der Waals surface area contributed by atoms with Gasteiger partial charge in [0.1, 0.15) is 0 Å². The first-order chi connectivity index (χ1) is 11.1. The first kappa shape index (κ1) is 17.8. The molecule has 0 radical (unpaired) electrons. The fraction of sp³-hybridized carbons (Fsp3) is 0.611. The van der Waals surface area contributed by atoms with Crippen molar-refractivity contribution in [1.29, 1.82) is 0 Å². The standard InChI is InChI=1S/C18H29N3O2/c1-21(14-16-8-3-2-4-9-16)13-7-12-19-17(22)20-15-18(23)10-5-6-11-18/h2-4,8-9,23H,5-7,10-15H2,1H3,(H2,19,20,22). The zero-order valence-electron chi connectivity index (χ0n) is 14.1. The van der Waals surface area contributed by atoms with Crippen LogP contribution in [0.3, 0.4) is 0 Å². The number of carbonyl (C=O) groups is 1. The Kier molecular flexibility index (Phi) is 6.86. The summed E-state index contributed by atoms with van der Waals surface area (Å²) in [7, 11) is 2.09. The molecule has 0 aromatic heterocycles. The van der Waals surface area contributed by atoms with E-state index < -0.39 is 5.60 Å². The molecule has 0 unspecified atom stereocenters. The number of carbonyl (C=O) groups excluding carboxylic acids is 1. The first-order valence-corrected chi connectivity index (χ1v) is 8.54. The van der Waals surface area contributed by atoms with Crippen molar-refractivity contribution < 1.29 is 9.90 Å². The molecule has 2 rings (SSSR count). The predicted molar refractivity (Wildman–Crippen MR) is 92.2 cm³/mol. The number of benzene rings is 1. The predicted octanol–water partition coefficient (Wildman–Crippen LogP) is 2.11. The lowest BCUT2D eigenvalue weighted by atomic mass is 10.0. The fourth-order valence-corrected chi connectivity index (χ4v) is 3.04. The average molecular weight is 319 g/mol. The van der Waals surface area contributed by atoms with Crippen molar-refractivity contribution in [1.82, 2.24) is 15.5 Å². The highest BCUT2D eigenvalue weighted by atomic mass is 16.3. The van der Waals surface area contributed by atoms with E-state index in [0.29, 0.717) is 13.1 Å². The molecule has 128 valence electrons. The molecular formula is C18H29N3O2. The van der Waals surface area contributed by atoms with Gasteiger partial charge in [0, 0.05) is 19.6 Å². The Bertz CT molecular complexity index is 472. The minimum atomic E-state index is -0.687. The van der Waals surface area contributed by atoms with E-state index >= 15 is 0 Å². The summed E-state index contributed by atoms with van der Waals surface area (Å²) in [5.74, 6) is 0. The third-order valence-corrected chi connectivity index (χ3v) is 4.41. The third kappa shape index (κ3) is 6.59. The van der Waals surface area contributed by atoms with Crippen molar-refractivity contribution in [3.63, 3.8) is 0 Å². The van der Waals surface area contributed by atoms with Gasteiger partial charge >= 0.3 is 6.03 Å². The largest absolute Gasteiger partial charge is 0.388 e. The van der Waals surface area contributed by atoms with Gasteiger partial charge in [-0.2, -0.15) is 0 Å². The van der Waals surface area contributed by atoms with Crippen LogP contribution in [-0.2, 0) is 6.54 Å². The molecular weight excluding hydrogens is 290 g/mol. The minimum Gasteiger partial charge on any atom is -0.388 e. The van der Waals surface area contributed by atoms with Gasteiger partial charge in [-0.05, 0) is 38.4 Å². The first-order valence-electron chi connectivity index (χ1n) is 8.54. The Hall–Kier alpha value is -1.59. The molecule has 3 N–H and O–H groups in total. The van der Waals surface area contributed by atoms with Crippen LogP contribution in [0.15, 0.2) is 30.3 Å². The van der Waals surface area contributed by atoms with Gasteiger partial charge in [-0.3, -0.25) is 0 Å². The molecule has 0 atom stereocenters. The van der Waals surface area contributed by atoms with Gasteiger partial charge in [0.25, 0.3) is 0 Å². The molecule has 1 saturated carbocycles. The number of nitrogens with one attached hydrogen (secondary N) is 2. The van der Waals surface area contributed by atoms with Crippen LogP contribution in [0.4, 0.5) is 4.79 Å². The van der Waals surface area contributed by atoms with Gasteiger partial charge in [-0.15, -0.1) is 0 Å². The van der Waals surface area contributed by atoms with Gasteiger partial charge < -0.3 is 20.6 Å². The molecule has 1 aliphatic rings. The van der Waals surface area contributed by atoms with E-state index in [4.69, 9.17) is 0 Å². The number of hydrogen-bond donors (Lipinski definition) is 3. The van der Waals surface area contributed by atoms with Crippen molar-refractivity contribution in [2.75, 3.05) is 26.7 Å². The molecule has 0 heterocycles. The monoisotopic (exact) mass is 319 g/mol. The molecule has 5 heteroatoms. The van der Waals surface area contributed by atoms with Gasteiger partial charge in [-0.1, -0.05) is 43.2 Å². The second kappa shape index (κ2) is 8.89. The molecule has 1 fully saturated rings. The summed E-state index contributed by atoms with van der Waals surface area (Å²) in [5.41, 5.74) is 0.610. The maximum Gasteiger partial charge on any atom is 0.314 e. The molecule has 0 aliphatic heterocycles. The number of nitrogens with zero attached hydrogens (tertiary/aromatic N) is 1. The summed E-state index contributed by atoms with van der Waals surface area (Å²) in [4.78, 5) is 14.0. The normalized spacial score (nSPS) is 16.5. The molecule has 1 aromatic rings. The summed E-state index contributed by atoms with van der Waals surface area (Å²) >= 11 is 0. The topological polar surface area (TPSA) is 64.6 Å². The van der Waals surface area contributed by atoms with Crippen molar-refractivity contribution in [2.45, 2.75) is 44.2 Å². The number of hydrogen-bond acceptors (Lipinski definition) is 3. The van der Waals surface area contributed by atoms with Gasteiger partial charge in [-0.25, -0.2) is 4.79 Å². The van der Waals surface area contributed by atoms with Gasteiger partial charge in [0.15, 0.2) is 0 Å². The molecule has 2 amide bonds. The van der Waals surface area contributed by atoms with E-state index in [2.05, 4.69) is 34.7 Å². The molecule has 0 saturated heterocycles. The van der Waals surface area contributed by atoms with E-state index in [1.165, 1.54) is 5.56 Å². The average Bonchev–Trinajstić information content (AvgIpc) is 2.98. The van der Waals surface area contributed by atoms with Crippen LogP contribution < -0.4 is 10.6 Å². The lowest BCUT2D eigenvalue weighted by Crippen LogP contribution is -2.45. The summed E-state index contributed by atoms with van der Waals surface area (Å²) < 4.78 is 0. The molecule has 1 aromatic carbocycles. The van der Waals surface area contributed by atoms with Crippen LogP contribution in [0.1, 0.15) is 37.7 Å². The lowest BCUT2D eigenvalue weighted by molar-refractivity contribution is 0.0501. The second-order valence-corrected chi connectivity index (χ2v) is 6.62. The molecule has 5 nitrogen and oxygen atoms in total. The van der Waals surface area contributed by atoms with E-state index in [1.807, 2.05) is 18.2 Å². The fourth-order valence-electron chi connectivity index (χ4n) is 3.04. The zero-order chi connectivity index (χ0) is 16.5. The Morgan fingerprint density at radius 3 is 2.61 bits per heavy atom. The lowest BCUT2D eigenvalue weighted by Gasteiger charge is -2.22. The number of rotatable bonds is 8. The van der Waals surface area contributed by atoms with Crippen LogP contribution in [-0.4, -0.2) is 48.3 Å². The van der Waals surface area contributed by atoms with E-state index in [-0.39, 0.29) is 6.03 Å². The molecule has 1 aliphatic carbocycles. The number of urea groups is 1. The second-order valence-electron chi connectivity index (χ2n) is 6.62. The van der Waals surface area contributed by atoms with E-state index in [1.54, 1.807) is 0 Å². The Labute approximate surface area is 139 Å². The summed E-state index contributed by atoms with van der Waals surface area (Å²) in [6.07, 6.45) is 4.58. The Morgan fingerprint density at radius 1 is 1.22 bits per heavy atom. The van der Waals surface area contributed by atoms with Crippen molar-refractivity contribution >= 4 is 6.03 Å². The van der Waals surface area contributed by atoms with Crippen LogP contribution in [0, 0.1) is 0 Å². The smallest absolute Gasteiger partial charge is 0.314 e. The van der Waals surface area contributed by atoms with Crippen LogP contribution in [0.5, 0.6) is 0 Å². The van der Waals surface area contributed by atoms with Crippen molar-refractivity contribution in [3.8, 4) is 0 Å². The maximum atomic E-state index is 11.7. The summed E-state index contributed by atoms with van der Waals surface area (Å²) in [6.45, 7) is 2.84.